The van der Waals surface area contributed by atoms with Crippen LogP contribution in [0, 0.1) is 0 Å². The zero-order valence-corrected chi connectivity index (χ0v) is 16.9. The van der Waals surface area contributed by atoms with E-state index in [1.54, 1.807) is 17.3 Å². The summed E-state index contributed by atoms with van der Waals surface area (Å²) in [5.74, 6) is 1.01. The Morgan fingerprint density at radius 1 is 1.06 bits per heavy atom. The van der Waals surface area contributed by atoms with Crippen LogP contribution in [-0.4, -0.2) is 57.5 Å². The smallest absolute Gasteiger partial charge is 0.416 e. The largest absolute Gasteiger partial charge is 0.472 e. The number of aromatic nitrogens is 2. The van der Waals surface area contributed by atoms with E-state index < -0.39 is 11.7 Å². The van der Waals surface area contributed by atoms with Gasteiger partial charge in [0.05, 0.1) is 29.7 Å². The minimum absolute atomic E-state index is 0.00702. The Bertz CT molecular complexity index is 945. The fourth-order valence-corrected chi connectivity index (χ4v) is 4.35. The van der Waals surface area contributed by atoms with Crippen molar-refractivity contribution in [1.82, 2.24) is 19.8 Å². The Balaban J connectivity index is 1.18. The van der Waals surface area contributed by atoms with Gasteiger partial charge in [-0.3, -0.25) is 14.7 Å². The van der Waals surface area contributed by atoms with Crippen LogP contribution >= 0.6 is 0 Å². The van der Waals surface area contributed by atoms with Crippen LogP contribution in [0.15, 0.2) is 36.7 Å². The van der Waals surface area contributed by atoms with Gasteiger partial charge >= 0.3 is 6.18 Å². The van der Waals surface area contributed by atoms with E-state index in [-0.39, 0.29) is 18.1 Å². The van der Waals surface area contributed by atoms with Crippen LogP contribution in [0.1, 0.15) is 42.0 Å². The van der Waals surface area contributed by atoms with Gasteiger partial charge in [-0.25, -0.2) is 4.98 Å². The molecule has 2 aliphatic heterocycles. The standard InChI is InChI=1S/C22H23F3N4O2/c23-22(24,25)16-5-1-14(2-6-16)12-29-8-7-28-13-17(9-19(28)21(29)30)31-20-11-26-18(10-27-20)15-3-4-15/h1-2,5-6,10-11,15,17,19H,3-4,7-9,12-13H2/t17-,19-/m1/s1. The number of hydrogen-bond acceptors (Lipinski definition) is 5. The summed E-state index contributed by atoms with van der Waals surface area (Å²) in [6, 6.07) is 4.72. The van der Waals surface area contributed by atoms with Crippen molar-refractivity contribution in [3.63, 3.8) is 0 Å². The quantitative estimate of drug-likeness (QED) is 0.726. The monoisotopic (exact) mass is 432 g/mol. The summed E-state index contributed by atoms with van der Waals surface area (Å²) in [5, 5.41) is 0. The number of nitrogens with zero attached hydrogens (tertiary/aromatic N) is 4. The molecule has 9 heteroatoms. The molecule has 1 aromatic carbocycles. The van der Waals surface area contributed by atoms with Crippen LogP contribution in [0.3, 0.4) is 0 Å². The minimum Gasteiger partial charge on any atom is -0.472 e. The van der Waals surface area contributed by atoms with Gasteiger partial charge in [0.15, 0.2) is 0 Å². The first-order chi connectivity index (χ1) is 14.9. The normalized spacial score (nSPS) is 24.4. The number of fused-ring (bicyclic) bond motifs is 1. The van der Waals surface area contributed by atoms with E-state index in [1.165, 1.54) is 25.0 Å². The van der Waals surface area contributed by atoms with E-state index in [2.05, 4.69) is 14.9 Å². The average Bonchev–Trinajstić information content (AvgIpc) is 3.51. The fraction of sp³-hybridized carbons (Fsp3) is 0.500. The van der Waals surface area contributed by atoms with E-state index in [1.807, 2.05) is 0 Å². The summed E-state index contributed by atoms with van der Waals surface area (Å²) in [5.41, 5.74) is 1.01. The number of alkyl halides is 3. The number of hydrogen-bond donors (Lipinski definition) is 0. The fourth-order valence-electron chi connectivity index (χ4n) is 4.35. The van der Waals surface area contributed by atoms with Gasteiger partial charge in [-0.05, 0) is 30.5 Å². The number of rotatable bonds is 5. The van der Waals surface area contributed by atoms with Gasteiger partial charge in [0.2, 0.25) is 11.8 Å². The molecule has 3 heterocycles. The van der Waals surface area contributed by atoms with Gasteiger partial charge in [0.1, 0.15) is 6.10 Å². The van der Waals surface area contributed by atoms with Crippen molar-refractivity contribution in [2.75, 3.05) is 19.6 Å². The summed E-state index contributed by atoms with van der Waals surface area (Å²) in [7, 11) is 0. The lowest BCUT2D eigenvalue weighted by molar-refractivity contribution is -0.141. The van der Waals surface area contributed by atoms with Crippen molar-refractivity contribution in [2.24, 2.45) is 0 Å². The molecular weight excluding hydrogens is 409 g/mol. The highest BCUT2D eigenvalue weighted by Crippen LogP contribution is 2.38. The lowest BCUT2D eigenvalue weighted by Gasteiger charge is -2.36. The van der Waals surface area contributed by atoms with Crippen LogP contribution in [0.5, 0.6) is 5.88 Å². The van der Waals surface area contributed by atoms with E-state index >= 15 is 0 Å². The Labute approximate surface area is 178 Å². The molecule has 0 radical (unpaired) electrons. The van der Waals surface area contributed by atoms with E-state index in [0.717, 1.165) is 17.8 Å². The van der Waals surface area contributed by atoms with Crippen molar-refractivity contribution in [3.8, 4) is 5.88 Å². The summed E-state index contributed by atoms with van der Waals surface area (Å²) in [4.78, 5) is 25.6. The number of amides is 1. The van der Waals surface area contributed by atoms with Crippen LogP contribution in [-0.2, 0) is 17.5 Å². The topological polar surface area (TPSA) is 58.6 Å². The lowest BCUT2D eigenvalue weighted by atomic mass is 10.1. The number of halogens is 3. The molecule has 2 atom stereocenters. The summed E-state index contributed by atoms with van der Waals surface area (Å²) >= 11 is 0. The van der Waals surface area contributed by atoms with Gasteiger partial charge in [-0.2, -0.15) is 13.2 Å². The average molecular weight is 432 g/mol. The highest BCUT2D eigenvalue weighted by molar-refractivity contribution is 5.83. The second kappa shape index (κ2) is 7.78. The molecule has 6 nitrogen and oxygen atoms in total. The molecule has 2 saturated heterocycles. The highest BCUT2D eigenvalue weighted by atomic mass is 19.4. The Morgan fingerprint density at radius 3 is 2.48 bits per heavy atom. The zero-order chi connectivity index (χ0) is 21.6. The Hall–Kier alpha value is -2.68. The molecule has 2 aromatic rings. The van der Waals surface area contributed by atoms with Gasteiger partial charge in [0, 0.05) is 38.5 Å². The molecule has 0 spiro atoms. The third-order valence-corrected chi connectivity index (χ3v) is 6.20. The van der Waals surface area contributed by atoms with E-state index in [9.17, 15) is 18.0 Å². The first-order valence-electron chi connectivity index (χ1n) is 10.5. The molecular formula is C22H23F3N4O2. The van der Waals surface area contributed by atoms with Crippen LogP contribution in [0.25, 0.3) is 0 Å². The molecule has 1 saturated carbocycles. The first kappa shape index (κ1) is 20.2. The van der Waals surface area contributed by atoms with Crippen molar-refractivity contribution in [1.29, 1.82) is 0 Å². The van der Waals surface area contributed by atoms with Crippen LogP contribution in [0.2, 0.25) is 0 Å². The first-order valence-corrected chi connectivity index (χ1v) is 10.5. The Kier molecular flexibility index (Phi) is 5.08. The number of ether oxygens (including phenoxy) is 1. The Morgan fingerprint density at radius 2 is 1.84 bits per heavy atom. The molecule has 1 aliphatic carbocycles. The molecule has 0 bridgehead atoms. The van der Waals surface area contributed by atoms with Crippen molar-refractivity contribution >= 4 is 5.91 Å². The van der Waals surface area contributed by atoms with Gasteiger partial charge < -0.3 is 9.64 Å². The predicted octanol–water partition coefficient (Wildman–Crippen LogP) is 3.24. The number of carbonyl (C=O) groups excluding carboxylic acids is 1. The summed E-state index contributed by atoms with van der Waals surface area (Å²) < 4.78 is 44.2. The molecule has 1 aromatic heterocycles. The molecule has 164 valence electrons. The molecule has 0 N–H and O–H groups in total. The second-order valence-corrected chi connectivity index (χ2v) is 8.49. The highest BCUT2D eigenvalue weighted by Gasteiger charge is 2.43. The molecule has 3 fully saturated rings. The van der Waals surface area contributed by atoms with Gasteiger partial charge in [-0.15, -0.1) is 0 Å². The second-order valence-electron chi connectivity index (χ2n) is 8.49. The lowest BCUT2D eigenvalue weighted by Crippen LogP contribution is -2.53. The third-order valence-electron chi connectivity index (χ3n) is 6.20. The van der Waals surface area contributed by atoms with Crippen molar-refractivity contribution in [2.45, 2.75) is 50.0 Å². The van der Waals surface area contributed by atoms with Crippen molar-refractivity contribution in [3.05, 3.63) is 53.5 Å². The number of piperazine rings is 1. The van der Waals surface area contributed by atoms with Crippen molar-refractivity contribution < 1.29 is 22.7 Å². The van der Waals surface area contributed by atoms with Crippen LogP contribution in [0.4, 0.5) is 13.2 Å². The molecule has 31 heavy (non-hydrogen) atoms. The van der Waals surface area contributed by atoms with Crippen LogP contribution < -0.4 is 4.74 Å². The number of benzene rings is 1. The van der Waals surface area contributed by atoms with Gasteiger partial charge in [0.25, 0.3) is 0 Å². The summed E-state index contributed by atoms with van der Waals surface area (Å²) in [6.07, 6.45) is 1.82. The SMILES string of the molecule is O=C1[C@H]2C[C@@H](Oc3cnc(C4CC4)cn3)CN2CCN1Cc1ccc(C(F)(F)F)cc1. The molecule has 1 amide bonds. The maximum absolute atomic E-state index is 13.0. The third kappa shape index (κ3) is 4.37. The maximum atomic E-state index is 13.0. The maximum Gasteiger partial charge on any atom is 0.416 e. The summed E-state index contributed by atoms with van der Waals surface area (Å²) in [6.45, 7) is 2.21. The zero-order valence-electron chi connectivity index (χ0n) is 16.9. The minimum atomic E-state index is -4.36. The predicted molar refractivity (Wildman–Crippen MR) is 105 cm³/mol. The number of carbonyl (C=O) groups is 1. The van der Waals surface area contributed by atoms with Gasteiger partial charge in [-0.1, -0.05) is 12.1 Å². The van der Waals surface area contributed by atoms with E-state index in [4.69, 9.17) is 4.74 Å². The molecule has 5 rings (SSSR count). The van der Waals surface area contributed by atoms with E-state index in [0.29, 0.717) is 50.0 Å². The molecule has 3 aliphatic rings. The molecule has 0 unspecified atom stereocenters.